The van der Waals surface area contributed by atoms with Gasteiger partial charge in [0.05, 0.1) is 17.2 Å². The Labute approximate surface area is 153 Å². The fourth-order valence-electron chi connectivity index (χ4n) is 2.92. The summed E-state index contributed by atoms with van der Waals surface area (Å²) in [5.41, 5.74) is 2.35. The standard InChI is InChI=1S/C18H19N5O.ClH/c19-10-15-3-1-4-16(9-15)13-22-5-2-6-23(8-7-22)18(24)17-11-20-14-21-12-17;/h1,3-4,9,11-12,14H,2,5-8,13H2;1H. The molecule has 2 aromatic rings. The first-order valence-corrected chi connectivity index (χ1v) is 8.02. The lowest BCUT2D eigenvalue weighted by Gasteiger charge is -2.22. The first-order valence-electron chi connectivity index (χ1n) is 8.02. The molecule has 0 bridgehead atoms. The summed E-state index contributed by atoms with van der Waals surface area (Å²) >= 11 is 0. The van der Waals surface area contributed by atoms with E-state index in [2.05, 4.69) is 20.9 Å². The second kappa shape index (κ2) is 9.11. The minimum atomic E-state index is -0.0103. The molecule has 1 amide bonds. The summed E-state index contributed by atoms with van der Waals surface area (Å²) in [4.78, 5) is 24.5. The van der Waals surface area contributed by atoms with E-state index >= 15 is 0 Å². The summed E-state index contributed by atoms with van der Waals surface area (Å²) in [6, 6.07) is 9.86. The summed E-state index contributed by atoms with van der Waals surface area (Å²) in [6.45, 7) is 3.97. The predicted octanol–water partition coefficient (Wildman–Crippen LogP) is 2.12. The lowest BCUT2D eigenvalue weighted by atomic mass is 10.1. The highest BCUT2D eigenvalue weighted by atomic mass is 35.5. The van der Waals surface area contributed by atoms with E-state index in [0.717, 1.165) is 38.2 Å². The van der Waals surface area contributed by atoms with Gasteiger partial charge in [0.25, 0.3) is 5.91 Å². The van der Waals surface area contributed by atoms with Crippen LogP contribution in [0.5, 0.6) is 0 Å². The van der Waals surface area contributed by atoms with Crippen LogP contribution in [0.25, 0.3) is 0 Å². The quantitative estimate of drug-likeness (QED) is 0.841. The van der Waals surface area contributed by atoms with Gasteiger partial charge in [0.1, 0.15) is 6.33 Å². The molecule has 0 radical (unpaired) electrons. The van der Waals surface area contributed by atoms with E-state index in [1.807, 2.05) is 29.2 Å². The number of aromatic nitrogens is 2. The molecular formula is C18H20ClN5O. The number of nitrogens with zero attached hydrogens (tertiary/aromatic N) is 5. The number of hydrogen-bond acceptors (Lipinski definition) is 5. The van der Waals surface area contributed by atoms with E-state index in [-0.39, 0.29) is 18.3 Å². The van der Waals surface area contributed by atoms with Gasteiger partial charge >= 0.3 is 0 Å². The summed E-state index contributed by atoms with van der Waals surface area (Å²) in [7, 11) is 0. The summed E-state index contributed by atoms with van der Waals surface area (Å²) in [5.74, 6) is -0.0103. The molecule has 0 saturated carbocycles. The fraction of sp³-hybridized carbons (Fsp3) is 0.333. The second-order valence-electron chi connectivity index (χ2n) is 5.86. The van der Waals surface area contributed by atoms with Gasteiger partial charge in [-0.05, 0) is 24.1 Å². The van der Waals surface area contributed by atoms with E-state index in [4.69, 9.17) is 5.26 Å². The highest BCUT2D eigenvalue weighted by Crippen LogP contribution is 2.12. The number of nitriles is 1. The fourth-order valence-corrected chi connectivity index (χ4v) is 2.92. The lowest BCUT2D eigenvalue weighted by molar-refractivity contribution is 0.0760. The molecule has 0 atom stereocenters. The molecule has 1 aliphatic rings. The van der Waals surface area contributed by atoms with Gasteiger partial charge in [0, 0.05) is 45.1 Å². The van der Waals surface area contributed by atoms with Crippen molar-refractivity contribution in [3.05, 3.63) is 59.7 Å². The van der Waals surface area contributed by atoms with Gasteiger partial charge in [0.15, 0.2) is 0 Å². The van der Waals surface area contributed by atoms with Crippen molar-refractivity contribution in [1.29, 1.82) is 5.26 Å². The van der Waals surface area contributed by atoms with Crippen molar-refractivity contribution in [2.75, 3.05) is 26.2 Å². The Balaban J connectivity index is 0.00000225. The SMILES string of the molecule is Cl.N#Cc1cccc(CN2CCCN(C(=O)c3cncnc3)CC2)c1. The number of halogens is 1. The first kappa shape index (κ1) is 18.8. The molecule has 0 unspecified atom stereocenters. The van der Waals surface area contributed by atoms with Crippen LogP contribution in [0, 0.1) is 11.3 Å². The number of hydrogen-bond donors (Lipinski definition) is 0. The van der Waals surface area contributed by atoms with Crippen LogP contribution in [-0.2, 0) is 6.54 Å². The normalized spacial score (nSPS) is 14.9. The third kappa shape index (κ3) is 4.99. The van der Waals surface area contributed by atoms with E-state index in [9.17, 15) is 4.79 Å². The minimum Gasteiger partial charge on any atom is -0.337 e. The third-order valence-corrected chi connectivity index (χ3v) is 4.15. The molecule has 0 aliphatic carbocycles. The molecular weight excluding hydrogens is 338 g/mol. The van der Waals surface area contributed by atoms with Gasteiger partial charge in [-0.15, -0.1) is 12.4 Å². The van der Waals surface area contributed by atoms with Crippen molar-refractivity contribution in [3.8, 4) is 6.07 Å². The highest BCUT2D eigenvalue weighted by molar-refractivity contribution is 5.93. The molecule has 1 aromatic carbocycles. The molecule has 3 rings (SSSR count). The zero-order valence-electron chi connectivity index (χ0n) is 13.8. The van der Waals surface area contributed by atoms with Crippen LogP contribution in [0.2, 0.25) is 0 Å². The maximum atomic E-state index is 12.5. The largest absolute Gasteiger partial charge is 0.337 e. The number of benzene rings is 1. The Morgan fingerprint density at radius 3 is 2.72 bits per heavy atom. The van der Waals surface area contributed by atoms with Crippen molar-refractivity contribution in [2.45, 2.75) is 13.0 Å². The van der Waals surface area contributed by atoms with Crippen molar-refractivity contribution >= 4 is 18.3 Å². The van der Waals surface area contributed by atoms with Crippen LogP contribution >= 0.6 is 12.4 Å². The molecule has 0 spiro atoms. The Kier molecular flexibility index (Phi) is 6.87. The molecule has 0 N–H and O–H groups in total. The van der Waals surface area contributed by atoms with Gasteiger partial charge in [0.2, 0.25) is 0 Å². The molecule has 1 aliphatic heterocycles. The van der Waals surface area contributed by atoms with Crippen LogP contribution < -0.4 is 0 Å². The average molecular weight is 358 g/mol. The first-order chi connectivity index (χ1) is 11.8. The van der Waals surface area contributed by atoms with Crippen LogP contribution in [-0.4, -0.2) is 51.9 Å². The lowest BCUT2D eigenvalue weighted by Crippen LogP contribution is -2.35. The molecule has 130 valence electrons. The van der Waals surface area contributed by atoms with Gasteiger partial charge in [-0.1, -0.05) is 12.1 Å². The molecule has 1 aromatic heterocycles. The van der Waals surface area contributed by atoms with Crippen molar-refractivity contribution in [1.82, 2.24) is 19.8 Å². The summed E-state index contributed by atoms with van der Waals surface area (Å²) < 4.78 is 0. The van der Waals surface area contributed by atoms with Crippen LogP contribution in [0.4, 0.5) is 0 Å². The molecule has 1 fully saturated rings. The molecule has 1 saturated heterocycles. The van der Waals surface area contributed by atoms with Crippen molar-refractivity contribution in [3.63, 3.8) is 0 Å². The van der Waals surface area contributed by atoms with Gasteiger partial charge in [-0.3, -0.25) is 9.69 Å². The summed E-state index contributed by atoms with van der Waals surface area (Å²) in [5, 5.41) is 9.00. The predicted molar refractivity (Wildman–Crippen MR) is 96.2 cm³/mol. The van der Waals surface area contributed by atoms with Gasteiger partial charge in [-0.2, -0.15) is 5.26 Å². The molecule has 7 heteroatoms. The third-order valence-electron chi connectivity index (χ3n) is 4.15. The molecule has 2 heterocycles. The summed E-state index contributed by atoms with van der Waals surface area (Å²) in [6.07, 6.45) is 5.48. The zero-order chi connectivity index (χ0) is 16.8. The van der Waals surface area contributed by atoms with E-state index < -0.39 is 0 Å². The highest BCUT2D eigenvalue weighted by Gasteiger charge is 2.20. The Hall–Kier alpha value is -2.49. The molecule has 6 nitrogen and oxygen atoms in total. The van der Waals surface area contributed by atoms with Crippen molar-refractivity contribution < 1.29 is 4.79 Å². The molecule has 25 heavy (non-hydrogen) atoms. The van der Waals surface area contributed by atoms with Gasteiger partial charge in [-0.25, -0.2) is 9.97 Å². The Morgan fingerprint density at radius 1 is 1.16 bits per heavy atom. The van der Waals surface area contributed by atoms with Crippen LogP contribution in [0.3, 0.4) is 0 Å². The average Bonchev–Trinajstić information content (AvgIpc) is 2.87. The van der Waals surface area contributed by atoms with Crippen molar-refractivity contribution in [2.24, 2.45) is 0 Å². The maximum Gasteiger partial charge on any atom is 0.257 e. The number of rotatable bonds is 3. The van der Waals surface area contributed by atoms with Crippen LogP contribution in [0.15, 0.2) is 43.0 Å². The van der Waals surface area contributed by atoms with E-state index in [1.165, 1.54) is 6.33 Å². The Morgan fingerprint density at radius 2 is 1.96 bits per heavy atom. The zero-order valence-corrected chi connectivity index (χ0v) is 14.7. The van der Waals surface area contributed by atoms with E-state index in [0.29, 0.717) is 17.7 Å². The monoisotopic (exact) mass is 357 g/mol. The smallest absolute Gasteiger partial charge is 0.257 e. The number of carbonyl (C=O) groups excluding carboxylic acids is 1. The van der Waals surface area contributed by atoms with E-state index in [1.54, 1.807) is 12.4 Å². The number of amides is 1. The topological polar surface area (TPSA) is 73.1 Å². The Bertz CT molecular complexity index is 747. The number of carbonyl (C=O) groups is 1. The maximum absolute atomic E-state index is 12.5. The van der Waals surface area contributed by atoms with Gasteiger partial charge < -0.3 is 4.90 Å². The van der Waals surface area contributed by atoms with Crippen LogP contribution in [0.1, 0.15) is 27.9 Å². The second-order valence-corrected chi connectivity index (χ2v) is 5.86. The minimum absolute atomic E-state index is 0.